The van der Waals surface area contributed by atoms with Gasteiger partial charge in [-0.2, -0.15) is 4.68 Å². The molecule has 0 aliphatic carbocycles. The molecule has 0 aliphatic heterocycles. The minimum atomic E-state index is -0.745. The summed E-state index contributed by atoms with van der Waals surface area (Å²) in [6.45, 7) is 6.25. The van der Waals surface area contributed by atoms with Crippen LogP contribution in [0.5, 0.6) is 5.75 Å². The van der Waals surface area contributed by atoms with Crippen molar-refractivity contribution in [1.29, 1.82) is 0 Å². The van der Waals surface area contributed by atoms with Crippen molar-refractivity contribution in [2.45, 2.75) is 33.2 Å². The van der Waals surface area contributed by atoms with Crippen LogP contribution < -0.4 is 10.3 Å². The summed E-state index contributed by atoms with van der Waals surface area (Å²) in [5.74, 6) is 0.267. The lowest BCUT2D eigenvalue weighted by molar-refractivity contribution is -0.147. The Hall–Kier alpha value is -3.23. The van der Waals surface area contributed by atoms with Gasteiger partial charge in [-0.1, -0.05) is 12.1 Å². The summed E-state index contributed by atoms with van der Waals surface area (Å²) in [5, 5.41) is 8.01. The molecule has 9 heteroatoms. The standard InChI is InChI=1S/C18H21N5O4/c1-4-14(18(25)27-6-3)22-11-19-16-15(17(22)24)20-21-23(16)12-7-9-13(10-8-12)26-5-2/h7-11,14H,4-6H2,1-3H3/t14-/m1/s1. The number of carbonyl (C=O) groups excluding carboxylic acids is 1. The highest BCUT2D eigenvalue weighted by Crippen LogP contribution is 2.18. The van der Waals surface area contributed by atoms with E-state index in [1.165, 1.54) is 15.6 Å². The van der Waals surface area contributed by atoms with Gasteiger partial charge in [0.15, 0.2) is 11.2 Å². The molecule has 3 aromatic rings. The third-order valence-corrected chi connectivity index (χ3v) is 4.06. The fourth-order valence-electron chi connectivity index (χ4n) is 2.78. The lowest BCUT2D eigenvalue weighted by atomic mass is 10.2. The van der Waals surface area contributed by atoms with E-state index in [4.69, 9.17) is 9.47 Å². The molecule has 9 nitrogen and oxygen atoms in total. The van der Waals surface area contributed by atoms with Gasteiger partial charge in [0, 0.05) is 0 Å². The number of carbonyl (C=O) groups is 1. The van der Waals surface area contributed by atoms with Crippen LogP contribution in [0.3, 0.4) is 0 Å². The second-order valence-electron chi connectivity index (χ2n) is 5.73. The summed E-state index contributed by atoms with van der Waals surface area (Å²) >= 11 is 0. The Labute approximate surface area is 155 Å². The number of ether oxygens (including phenoxy) is 2. The van der Waals surface area contributed by atoms with Gasteiger partial charge in [-0.3, -0.25) is 9.36 Å². The molecule has 0 aliphatic rings. The van der Waals surface area contributed by atoms with Gasteiger partial charge < -0.3 is 9.47 Å². The second kappa shape index (κ2) is 7.98. The Morgan fingerprint density at radius 3 is 2.52 bits per heavy atom. The Balaban J connectivity index is 2.02. The van der Waals surface area contributed by atoms with Crippen molar-refractivity contribution < 1.29 is 14.3 Å². The minimum Gasteiger partial charge on any atom is -0.494 e. The summed E-state index contributed by atoms with van der Waals surface area (Å²) in [4.78, 5) is 29.2. The number of rotatable bonds is 7. The smallest absolute Gasteiger partial charge is 0.329 e. The van der Waals surface area contributed by atoms with E-state index in [2.05, 4.69) is 15.3 Å². The van der Waals surface area contributed by atoms with Crippen LogP contribution in [0.2, 0.25) is 0 Å². The number of nitrogens with zero attached hydrogens (tertiary/aromatic N) is 5. The first-order chi connectivity index (χ1) is 13.1. The van der Waals surface area contributed by atoms with Crippen molar-refractivity contribution in [2.75, 3.05) is 13.2 Å². The summed E-state index contributed by atoms with van der Waals surface area (Å²) < 4.78 is 13.2. The predicted molar refractivity (Wildman–Crippen MR) is 98.1 cm³/mol. The highest BCUT2D eigenvalue weighted by Gasteiger charge is 2.23. The quantitative estimate of drug-likeness (QED) is 0.585. The summed E-state index contributed by atoms with van der Waals surface area (Å²) in [5.41, 5.74) is 0.674. The van der Waals surface area contributed by atoms with Crippen molar-refractivity contribution >= 4 is 17.1 Å². The summed E-state index contributed by atoms with van der Waals surface area (Å²) in [6.07, 6.45) is 1.74. The van der Waals surface area contributed by atoms with Gasteiger partial charge in [-0.15, -0.1) is 5.10 Å². The molecule has 0 saturated carbocycles. The van der Waals surface area contributed by atoms with Gasteiger partial charge in [0.2, 0.25) is 0 Å². The Kier molecular flexibility index (Phi) is 5.49. The topological polar surface area (TPSA) is 101 Å². The molecule has 0 bridgehead atoms. The van der Waals surface area contributed by atoms with E-state index in [1.54, 1.807) is 38.1 Å². The maximum Gasteiger partial charge on any atom is 0.329 e. The summed E-state index contributed by atoms with van der Waals surface area (Å²) in [6, 6.07) is 6.48. The first-order valence-electron chi connectivity index (χ1n) is 8.83. The number of aromatic nitrogens is 5. The van der Waals surface area contributed by atoms with Gasteiger partial charge >= 0.3 is 5.97 Å². The third kappa shape index (κ3) is 3.53. The minimum absolute atomic E-state index is 0.0918. The lowest BCUT2D eigenvalue weighted by Gasteiger charge is -2.15. The molecule has 1 aromatic carbocycles. The predicted octanol–water partition coefficient (Wildman–Crippen LogP) is 1.89. The van der Waals surface area contributed by atoms with E-state index in [9.17, 15) is 9.59 Å². The molecule has 3 rings (SSSR count). The molecule has 0 radical (unpaired) electrons. The van der Waals surface area contributed by atoms with Crippen LogP contribution in [0.4, 0.5) is 0 Å². The molecule has 0 saturated heterocycles. The van der Waals surface area contributed by atoms with Crippen LogP contribution in [-0.4, -0.2) is 43.7 Å². The zero-order valence-electron chi connectivity index (χ0n) is 15.5. The van der Waals surface area contributed by atoms with Crippen molar-refractivity contribution in [3.05, 3.63) is 40.9 Å². The van der Waals surface area contributed by atoms with Crippen LogP contribution >= 0.6 is 0 Å². The number of benzene rings is 1. The fraction of sp³-hybridized carbons (Fsp3) is 0.389. The molecule has 1 atom stereocenters. The van der Waals surface area contributed by atoms with E-state index in [0.717, 1.165) is 5.75 Å². The SMILES string of the molecule is CCOC(=O)[C@@H](CC)n1cnc2c(nnn2-c2ccc(OCC)cc2)c1=O. The molecule has 142 valence electrons. The van der Waals surface area contributed by atoms with E-state index in [0.29, 0.717) is 24.4 Å². The Morgan fingerprint density at radius 2 is 1.89 bits per heavy atom. The molecule has 0 unspecified atom stereocenters. The normalized spacial score (nSPS) is 12.1. The van der Waals surface area contributed by atoms with Crippen LogP contribution in [0.1, 0.15) is 33.2 Å². The van der Waals surface area contributed by atoms with Crippen LogP contribution in [0, 0.1) is 0 Å². The molecule has 0 spiro atoms. The highest BCUT2D eigenvalue weighted by atomic mass is 16.5. The van der Waals surface area contributed by atoms with E-state index in [1.807, 2.05) is 6.92 Å². The molecule has 0 fully saturated rings. The first-order valence-corrected chi connectivity index (χ1v) is 8.83. The number of fused-ring (bicyclic) bond motifs is 1. The van der Waals surface area contributed by atoms with Crippen LogP contribution in [-0.2, 0) is 9.53 Å². The van der Waals surface area contributed by atoms with Gasteiger partial charge in [0.05, 0.1) is 18.9 Å². The molecule has 0 amide bonds. The highest BCUT2D eigenvalue weighted by molar-refractivity contribution is 5.75. The van der Waals surface area contributed by atoms with Crippen molar-refractivity contribution in [3.63, 3.8) is 0 Å². The Bertz CT molecular complexity index is 993. The van der Waals surface area contributed by atoms with E-state index in [-0.39, 0.29) is 12.1 Å². The Morgan fingerprint density at radius 1 is 1.15 bits per heavy atom. The maximum atomic E-state index is 12.8. The average molecular weight is 371 g/mol. The van der Waals surface area contributed by atoms with Gasteiger partial charge in [-0.05, 0) is 44.5 Å². The first kappa shape index (κ1) is 18.6. The largest absolute Gasteiger partial charge is 0.494 e. The van der Waals surface area contributed by atoms with Crippen molar-refractivity contribution in [1.82, 2.24) is 24.5 Å². The monoisotopic (exact) mass is 371 g/mol. The van der Waals surface area contributed by atoms with Crippen molar-refractivity contribution in [2.24, 2.45) is 0 Å². The molecule has 0 N–H and O–H groups in total. The molecular weight excluding hydrogens is 350 g/mol. The fourth-order valence-corrected chi connectivity index (χ4v) is 2.78. The molecular formula is C18H21N5O4. The van der Waals surface area contributed by atoms with Crippen LogP contribution in [0.25, 0.3) is 16.9 Å². The zero-order chi connectivity index (χ0) is 19.4. The summed E-state index contributed by atoms with van der Waals surface area (Å²) in [7, 11) is 0. The van der Waals surface area contributed by atoms with Crippen LogP contribution in [0.15, 0.2) is 35.4 Å². The molecule has 2 heterocycles. The third-order valence-electron chi connectivity index (χ3n) is 4.06. The van der Waals surface area contributed by atoms with Gasteiger partial charge in [0.25, 0.3) is 5.56 Å². The second-order valence-corrected chi connectivity index (χ2v) is 5.73. The lowest BCUT2D eigenvalue weighted by Crippen LogP contribution is -2.31. The maximum absolute atomic E-state index is 12.8. The number of esters is 1. The van der Waals surface area contributed by atoms with E-state index < -0.39 is 17.6 Å². The zero-order valence-corrected chi connectivity index (χ0v) is 15.5. The average Bonchev–Trinajstić information content (AvgIpc) is 3.10. The van der Waals surface area contributed by atoms with Gasteiger partial charge in [-0.25, -0.2) is 9.78 Å². The molecule has 2 aromatic heterocycles. The molecule has 27 heavy (non-hydrogen) atoms. The number of hydrogen-bond acceptors (Lipinski definition) is 7. The number of hydrogen-bond donors (Lipinski definition) is 0. The van der Waals surface area contributed by atoms with Gasteiger partial charge in [0.1, 0.15) is 18.1 Å². The van der Waals surface area contributed by atoms with E-state index >= 15 is 0 Å². The van der Waals surface area contributed by atoms with Crippen molar-refractivity contribution in [3.8, 4) is 11.4 Å².